The van der Waals surface area contributed by atoms with Crippen molar-refractivity contribution in [1.29, 1.82) is 5.26 Å². The van der Waals surface area contributed by atoms with Crippen LogP contribution >= 0.6 is 0 Å². The Kier molecular flexibility index (Phi) is 20.5. The molecule has 0 fully saturated rings. The van der Waals surface area contributed by atoms with E-state index in [1.165, 1.54) is 102 Å². The average molecular weight is 592 g/mol. The van der Waals surface area contributed by atoms with Crippen molar-refractivity contribution in [3.8, 4) is 6.07 Å². The van der Waals surface area contributed by atoms with Crippen LogP contribution in [0.15, 0.2) is 18.2 Å². The summed E-state index contributed by atoms with van der Waals surface area (Å²) in [5, 5.41) is 9.09. The maximum absolute atomic E-state index is 14.4. The Morgan fingerprint density at radius 2 is 1.32 bits per heavy atom. The summed E-state index contributed by atoms with van der Waals surface area (Å²) in [5.41, 5.74) is 0.755. The number of hydrogen-bond donors (Lipinski definition) is 0. The molecule has 0 unspecified atom stereocenters. The van der Waals surface area contributed by atoms with Gasteiger partial charge in [0.15, 0.2) is 8.32 Å². The van der Waals surface area contributed by atoms with Gasteiger partial charge >= 0.3 is 0 Å². The molecule has 0 aliphatic carbocycles. The molecule has 0 heterocycles. The summed E-state index contributed by atoms with van der Waals surface area (Å²) in [6.07, 6.45) is 21.4. The van der Waals surface area contributed by atoms with E-state index in [1.54, 1.807) is 12.1 Å². The lowest BCUT2D eigenvalue weighted by atomic mass is 10.0. The number of nitrogens with zero attached hydrogens (tertiary/aromatic N) is 1. The highest BCUT2D eigenvalue weighted by Gasteiger charge is 2.37. The average Bonchev–Trinajstić information content (AvgIpc) is 2.93. The normalized spacial score (nSPS) is 12.9. The highest BCUT2D eigenvalue weighted by Crippen LogP contribution is 2.36. The first-order valence-electron chi connectivity index (χ1n) is 16.6. The van der Waals surface area contributed by atoms with Gasteiger partial charge in [0, 0.05) is 12.2 Å². The summed E-state index contributed by atoms with van der Waals surface area (Å²) in [6, 6.07) is 6.47. The minimum Gasteiger partial charge on any atom is -0.414 e. The molecule has 0 saturated heterocycles. The molecule has 0 saturated carbocycles. The van der Waals surface area contributed by atoms with E-state index in [-0.39, 0.29) is 17.7 Å². The fraction of sp³-hybridized carbons (Fsp3) is 0.800. The second-order valence-electron chi connectivity index (χ2n) is 13.3. The molecule has 0 aliphatic rings. The summed E-state index contributed by atoms with van der Waals surface area (Å²) in [7, 11) is -1.94. The molecule has 0 spiro atoms. The molecule has 41 heavy (non-hydrogen) atoms. The Morgan fingerprint density at radius 3 is 1.78 bits per heavy atom. The van der Waals surface area contributed by atoms with Gasteiger partial charge in [-0.05, 0) is 36.7 Å². The van der Waals surface area contributed by atoms with Crippen molar-refractivity contribution in [3.05, 3.63) is 35.1 Å². The van der Waals surface area contributed by atoms with Gasteiger partial charge in [0.2, 0.25) is 0 Å². The lowest BCUT2D eigenvalue weighted by Gasteiger charge is -2.37. The van der Waals surface area contributed by atoms with Crippen molar-refractivity contribution in [2.75, 3.05) is 19.8 Å². The Morgan fingerprint density at radius 1 is 0.805 bits per heavy atom. The smallest absolute Gasteiger partial charge is 0.192 e. The van der Waals surface area contributed by atoms with E-state index in [0.29, 0.717) is 30.9 Å². The minimum atomic E-state index is -1.94. The van der Waals surface area contributed by atoms with Gasteiger partial charge in [-0.1, -0.05) is 130 Å². The second-order valence-corrected chi connectivity index (χ2v) is 18.1. The van der Waals surface area contributed by atoms with Crippen LogP contribution in [0.5, 0.6) is 0 Å². The third-order valence-electron chi connectivity index (χ3n) is 8.54. The first-order chi connectivity index (χ1) is 19.6. The van der Waals surface area contributed by atoms with Gasteiger partial charge in [-0.3, -0.25) is 0 Å². The number of hydrogen-bond acceptors (Lipinski definition) is 4. The monoisotopic (exact) mass is 591 g/mol. The Hall–Kier alpha value is -1.26. The van der Waals surface area contributed by atoms with E-state index in [2.05, 4.69) is 40.8 Å². The lowest BCUT2D eigenvalue weighted by Crippen LogP contribution is -2.43. The van der Waals surface area contributed by atoms with Crippen LogP contribution in [0.1, 0.15) is 142 Å². The molecule has 0 N–H and O–H groups in total. The third kappa shape index (κ3) is 18.1. The van der Waals surface area contributed by atoms with E-state index in [9.17, 15) is 4.39 Å². The van der Waals surface area contributed by atoms with Crippen LogP contribution in [-0.4, -0.2) is 34.2 Å². The van der Waals surface area contributed by atoms with Gasteiger partial charge in [0.1, 0.15) is 11.9 Å². The number of ether oxygens (including phenoxy) is 2. The number of benzene rings is 1. The molecular formula is C35H62FNO3Si. The molecule has 0 aromatic heterocycles. The predicted molar refractivity (Wildman–Crippen MR) is 173 cm³/mol. The summed E-state index contributed by atoms with van der Waals surface area (Å²) < 4.78 is 32.8. The quantitative estimate of drug-likeness (QED) is 0.0838. The Balaban J connectivity index is 2.22. The fourth-order valence-electron chi connectivity index (χ4n) is 4.57. The zero-order valence-corrected chi connectivity index (χ0v) is 28.5. The minimum absolute atomic E-state index is 0.102. The predicted octanol–water partition coefficient (Wildman–Crippen LogP) is 10.9. The van der Waals surface area contributed by atoms with E-state index < -0.39 is 14.1 Å². The van der Waals surface area contributed by atoms with Gasteiger partial charge in [-0.2, -0.15) is 5.26 Å². The molecular weight excluding hydrogens is 529 g/mol. The van der Waals surface area contributed by atoms with Gasteiger partial charge in [-0.15, -0.1) is 0 Å². The Labute approximate surface area is 253 Å². The molecule has 1 aromatic carbocycles. The van der Waals surface area contributed by atoms with Crippen molar-refractivity contribution in [2.24, 2.45) is 0 Å². The van der Waals surface area contributed by atoms with Crippen LogP contribution in [-0.2, 0) is 20.5 Å². The standard InChI is InChI=1S/C35H62FNO3Si/c1-7-8-9-10-11-12-13-14-15-16-17-18-19-20-21-22-25-38-29-33(30-40-41(5,6)35(2,3)4)39-28-32-24-23-31(27-37)26-34(32)36/h23-24,26,33H,7-22,25,28-30H2,1-6H3/t33-/m1/s1. The van der Waals surface area contributed by atoms with Crippen LogP contribution < -0.4 is 0 Å². The van der Waals surface area contributed by atoms with E-state index in [4.69, 9.17) is 19.2 Å². The molecule has 0 bridgehead atoms. The molecule has 1 atom stereocenters. The molecule has 0 radical (unpaired) electrons. The number of rotatable bonds is 25. The summed E-state index contributed by atoms with van der Waals surface area (Å²) in [6.45, 7) is 15.1. The van der Waals surface area contributed by atoms with Gasteiger partial charge < -0.3 is 13.9 Å². The highest BCUT2D eigenvalue weighted by atomic mass is 28.4. The fourth-order valence-corrected chi connectivity index (χ4v) is 5.61. The maximum Gasteiger partial charge on any atom is 0.192 e. The van der Waals surface area contributed by atoms with E-state index >= 15 is 0 Å². The number of unbranched alkanes of at least 4 members (excludes halogenated alkanes) is 15. The van der Waals surface area contributed by atoms with Crippen molar-refractivity contribution in [2.45, 2.75) is 161 Å². The molecule has 0 aliphatic heterocycles. The van der Waals surface area contributed by atoms with Crippen LogP contribution in [0, 0.1) is 17.1 Å². The topological polar surface area (TPSA) is 51.5 Å². The third-order valence-corrected chi connectivity index (χ3v) is 13.0. The second kappa shape index (κ2) is 22.3. The Bertz CT molecular complexity index is 834. The summed E-state index contributed by atoms with van der Waals surface area (Å²) in [4.78, 5) is 0. The van der Waals surface area contributed by atoms with Crippen molar-refractivity contribution in [1.82, 2.24) is 0 Å². The van der Waals surface area contributed by atoms with Crippen molar-refractivity contribution < 1.29 is 18.3 Å². The summed E-state index contributed by atoms with van der Waals surface area (Å²) >= 11 is 0. The highest BCUT2D eigenvalue weighted by molar-refractivity contribution is 6.74. The zero-order valence-electron chi connectivity index (χ0n) is 27.5. The lowest BCUT2D eigenvalue weighted by molar-refractivity contribution is -0.0483. The van der Waals surface area contributed by atoms with Gasteiger partial charge in [-0.25, -0.2) is 4.39 Å². The van der Waals surface area contributed by atoms with E-state index in [0.717, 1.165) is 6.42 Å². The first kappa shape index (κ1) is 37.8. The molecule has 1 rings (SSSR count). The van der Waals surface area contributed by atoms with Crippen molar-refractivity contribution >= 4 is 8.32 Å². The van der Waals surface area contributed by atoms with Crippen LogP contribution in [0.2, 0.25) is 18.1 Å². The summed E-state index contributed by atoms with van der Waals surface area (Å²) in [5.74, 6) is -0.415. The zero-order chi connectivity index (χ0) is 30.4. The SMILES string of the molecule is CCCCCCCCCCCCCCCCCCOC[C@H](CO[Si](C)(C)C(C)(C)C)OCc1ccc(C#N)cc1F. The molecule has 6 heteroatoms. The molecule has 1 aromatic rings. The van der Waals surface area contributed by atoms with Crippen molar-refractivity contribution in [3.63, 3.8) is 0 Å². The van der Waals surface area contributed by atoms with Crippen LogP contribution in [0.4, 0.5) is 4.39 Å². The van der Waals surface area contributed by atoms with Crippen LogP contribution in [0.25, 0.3) is 0 Å². The van der Waals surface area contributed by atoms with Gasteiger partial charge in [0.05, 0.1) is 31.5 Å². The number of halogens is 1. The van der Waals surface area contributed by atoms with E-state index in [1.807, 2.05) is 6.07 Å². The van der Waals surface area contributed by atoms with Gasteiger partial charge in [0.25, 0.3) is 0 Å². The first-order valence-corrected chi connectivity index (χ1v) is 19.5. The number of nitriles is 1. The van der Waals surface area contributed by atoms with Crippen LogP contribution in [0.3, 0.4) is 0 Å². The molecule has 0 amide bonds. The molecule has 236 valence electrons. The largest absolute Gasteiger partial charge is 0.414 e. The molecule has 4 nitrogen and oxygen atoms in total. The maximum atomic E-state index is 14.4.